The Morgan fingerprint density at radius 2 is 1.61 bits per heavy atom. The number of aromatic nitrogens is 2. The Morgan fingerprint density at radius 1 is 0.893 bits per heavy atom. The molecule has 3 aromatic carbocycles. The van der Waals surface area contributed by atoms with Gasteiger partial charge in [-0.25, -0.2) is 4.68 Å². The molecule has 1 amide bonds. The molecule has 0 saturated carbocycles. The van der Waals surface area contributed by atoms with Crippen molar-refractivity contribution < 1.29 is 9.53 Å². The van der Waals surface area contributed by atoms with Crippen LogP contribution in [0.15, 0.2) is 91.1 Å². The van der Waals surface area contributed by atoms with Gasteiger partial charge in [-0.15, -0.1) is 0 Å². The van der Waals surface area contributed by atoms with E-state index in [1.54, 1.807) is 24.1 Å². The maximum atomic E-state index is 12.7. The summed E-state index contributed by atoms with van der Waals surface area (Å²) in [6, 6.07) is 26.9. The molecule has 0 unspecified atom stereocenters. The lowest BCUT2D eigenvalue weighted by Crippen LogP contribution is -2.13. The molecule has 0 fully saturated rings. The molecule has 0 radical (unpaired) electrons. The Hall–Kier alpha value is -3.86. The lowest BCUT2D eigenvalue weighted by Gasteiger charge is -2.10. The van der Waals surface area contributed by atoms with Gasteiger partial charge in [-0.05, 0) is 42.0 Å². The summed E-state index contributed by atoms with van der Waals surface area (Å²) in [6.07, 6.45) is 1.76. The number of hydrogen-bond acceptors (Lipinski definition) is 3. The lowest BCUT2D eigenvalue weighted by molar-refractivity contribution is 0.102. The zero-order valence-corrected chi connectivity index (χ0v) is 15.4. The van der Waals surface area contributed by atoms with Crippen LogP contribution in [0.25, 0.3) is 16.8 Å². The smallest absolute Gasteiger partial charge is 0.276 e. The van der Waals surface area contributed by atoms with E-state index in [1.807, 2.05) is 78.9 Å². The second-order valence-corrected chi connectivity index (χ2v) is 6.21. The van der Waals surface area contributed by atoms with E-state index in [9.17, 15) is 4.79 Å². The van der Waals surface area contributed by atoms with E-state index in [1.165, 1.54) is 0 Å². The molecule has 138 valence electrons. The largest absolute Gasteiger partial charge is 0.497 e. The molecule has 0 bridgehead atoms. The van der Waals surface area contributed by atoms with Gasteiger partial charge in [-0.3, -0.25) is 4.79 Å². The fraction of sp³-hybridized carbons (Fsp3) is 0.0435. The maximum absolute atomic E-state index is 12.7. The second-order valence-electron chi connectivity index (χ2n) is 6.21. The normalized spacial score (nSPS) is 10.5. The van der Waals surface area contributed by atoms with E-state index >= 15 is 0 Å². The number of nitrogens with zero attached hydrogens (tertiary/aromatic N) is 2. The van der Waals surface area contributed by atoms with Crippen LogP contribution in [-0.4, -0.2) is 22.8 Å². The number of benzene rings is 3. The molecule has 0 aliphatic rings. The van der Waals surface area contributed by atoms with Gasteiger partial charge >= 0.3 is 0 Å². The minimum Gasteiger partial charge on any atom is -0.497 e. The van der Waals surface area contributed by atoms with Gasteiger partial charge in [0.25, 0.3) is 5.91 Å². The Balaban J connectivity index is 1.56. The van der Waals surface area contributed by atoms with Crippen molar-refractivity contribution in [3.05, 3.63) is 96.8 Å². The van der Waals surface area contributed by atoms with Crippen LogP contribution < -0.4 is 10.1 Å². The summed E-state index contributed by atoms with van der Waals surface area (Å²) in [5, 5.41) is 7.37. The molecule has 0 saturated heterocycles. The first kappa shape index (κ1) is 17.5. The first-order chi connectivity index (χ1) is 13.7. The van der Waals surface area contributed by atoms with Crippen LogP contribution in [0.5, 0.6) is 5.75 Å². The number of hydrogen-bond donors (Lipinski definition) is 1. The van der Waals surface area contributed by atoms with Crippen molar-refractivity contribution >= 4 is 11.6 Å². The van der Waals surface area contributed by atoms with Crippen molar-refractivity contribution in [1.82, 2.24) is 9.78 Å². The summed E-state index contributed by atoms with van der Waals surface area (Å²) >= 11 is 0. The average Bonchev–Trinajstić information content (AvgIpc) is 3.25. The number of anilines is 1. The van der Waals surface area contributed by atoms with E-state index in [-0.39, 0.29) is 5.91 Å². The van der Waals surface area contributed by atoms with Crippen molar-refractivity contribution in [2.75, 3.05) is 12.4 Å². The summed E-state index contributed by atoms with van der Waals surface area (Å²) in [5.74, 6) is 0.516. The second kappa shape index (κ2) is 7.80. The molecule has 0 spiro atoms. The van der Waals surface area contributed by atoms with Crippen LogP contribution in [0.4, 0.5) is 5.69 Å². The van der Waals surface area contributed by atoms with Crippen molar-refractivity contribution in [3.8, 4) is 22.6 Å². The summed E-state index contributed by atoms with van der Waals surface area (Å²) < 4.78 is 6.83. The highest BCUT2D eigenvalue weighted by Crippen LogP contribution is 2.27. The van der Waals surface area contributed by atoms with E-state index < -0.39 is 0 Å². The van der Waals surface area contributed by atoms with Gasteiger partial charge < -0.3 is 10.1 Å². The van der Waals surface area contributed by atoms with Gasteiger partial charge in [-0.2, -0.15) is 5.10 Å². The molecular formula is C23H19N3O2. The van der Waals surface area contributed by atoms with Crippen LogP contribution in [0.1, 0.15) is 10.5 Å². The van der Waals surface area contributed by atoms with Crippen LogP contribution in [0.3, 0.4) is 0 Å². The average molecular weight is 369 g/mol. The molecule has 4 aromatic rings. The summed E-state index contributed by atoms with van der Waals surface area (Å²) in [5.41, 5.74) is 3.95. The topological polar surface area (TPSA) is 56.1 Å². The molecule has 0 aliphatic heterocycles. The fourth-order valence-electron chi connectivity index (χ4n) is 2.97. The van der Waals surface area contributed by atoms with Crippen molar-refractivity contribution in [3.63, 3.8) is 0 Å². The van der Waals surface area contributed by atoms with E-state index in [2.05, 4.69) is 10.4 Å². The number of ether oxygens (including phenoxy) is 1. The van der Waals surface area contributed by atoms with Crippen LogP contribution in [-0.2, 0) is 0 Å². The minimum absolute atomic E-state index is 0.254. The number of para-hydroxylation sites is 1. The zero-order valence-electron chi connectivity index (χ0n) is 15.4. The number of amides is 1. The van der Waals surface area contributed by atoms with Crippen LogP contribution in [0.2, 0.25) is 0 Å². The van der Waals surface area contributed by atoms with E-state index in [4.69, 9.17) is 4.74 Å². The van der Waals surface area contributed by atoms with Gasteiger partial charge in [0.2, 0.25) is 0 Å². The molecule has 28 heavy (non-hydrogen) atoms. The van der Waals surface area contributed by atoms with Gasteiger partial charge in [0, 0.05) is 17.4 Å². The SMILES string of the molecule is COc1ccc(-n2ccc(C(=O)Nc3ccccc3-c3ccccc3)n2)cc1. The number of methoxy groups -OCH3 is 1. The lowest BCUT2D eigenvalue weighted by atomic mass is 10.0. The minimum atomic E-state index is -0.254. The first-order valence-corrected chi connectivity index (χ1v) is 8.90. The Kier molecular flexibility index (Phi) is 4.89. The summed E-state index contributed by atoms with van der Waals surface area (Å²) in [7, 11) is 1.62. The highest BCUT2D eigenvalue weighted by molar-refractivity contribution is 6.05. The Labute approximate surface area is 163 Å². The highest BCUT2D eigenvalue weighted by Gasteiger charge is 2.13. The summed E-state index contributed by atoms with van der Waals surface area (Å²) in [6.45, 7) is 0. The predicted molar refractivity (Wildman–Crippen MR) is 110 cm³/mol. The molecule has 4 rings (SSSR count). The molecule has 0 aliphatic carbocycles. The third kappa shape index (κ3) is 3.64. The Bertz CT molecular complexity index is 1090. The van der Waals surface area contributed by atoms with Crippen molar-refractivity contribution in [2.24, 2.45) is 0 Å². The van der Waals surface area contributed by atoms with E-state index in [0.29, 0.717) is 5.69 Å². The quantitative estimate of drug-likeness (QED) is 0.550. The molecule has 1 aromatic heterocycles. The monoisotopic (exact) mass is 369 g/mol. The third-order valence-electron chi connectivity index (χ3n) is 4.42. The molecule has 5 nitrogen and oxygen atoms in total. The molecule has 5 heteroatoms. The van der Waals surface area contributed by atoms with Crippen molar-refractivity contribution in [2.45, 2.75) is 0 Å². The maximum Gasteiger partial charge on any atom is 0.276 e. The zero-order chi connectivity index (χ0) is 19.3. The van der Waals surface area contributed by atoms with E-state index in [0.717, 1.165) is 28.3 Å². The number of nitrogens with one attached hydrogen (secondary N) is 1. The first-order valence-electron chi connectivity index (χ1n) is 8.90. The molecule has 0 atom stereocenters. The number of carbonyl (C=O) groups excluding carboxylic acids is 1. The van der Waals surface area contributed by atoms with Gasteiger partial charge in [-0.1, -0.05) is 48.5 Å². The van der Waals surface area contributed by atoms with Gasteiger partial charge in [0.1, 0.15) is 5.75 Å². The Morgan fingerprint density at radius 3 is 2.36 bits per heavy atom. The van der Waals surface area contributed by atoms with Gasteiger partial charge in [0.15, 0.2) is 5.69 Å². The highest BCUT2D eigenvalue weighted by atomic mass is 16.5. The predicted octanol–water partition coefficient (Wildman–Crippen LogP) is 4.80. The summed E-state index contributed by atoms with van der Waals surface area (Å²) in [4.78, 5) is 12.7. The fourth-order valence-corrected chi connectivity index (χ4v) is 2.97. The standard InChI is InChI=1S/C23H19N3O2/c1-28-19-13-11-18(12-14-19)26-16-15-22(25-26)23(27)24-21-10-6-5-9-20(21)17-7-3-2-4-8-17/h2-16H,1H3,(H,24,27). The van der Waals surface area contributed by atoms with Gasteiger partial charge in [0.05, 0.1) is 12.8 Å². The molecular weight excluding hydrogens is 350 g/mol. The van der Waals surface area contributed by atoms with Crippen molar-refractivity contribution in [1.29, 1.82) is 0 Å². The van der Waals surface area contributed by atoms with Crippen LogP contribution in [0, 0.1) is 0 Å². The molecule has 1 N–H and O–H groups in total. The third-order valence-corrected chi connectivity index (χ3v) is 4.42. The number of carbonyl (C=O) groups is 1. The number of rotatable bonds is 5. The molecule has 1 heterocycles. The van der Waals surface area contributed by atoms with Crippen LogP contribution >= 0.6 is 0 Å².